The average molecular weight is 346 g/mol. The molecule has 0 N–H and O–H groups in total. The molecular weight excluding hydrogens is 326 g/mol. The molecule has 1 amide bonds. The molecule has 1 aromatic heterocycles. The van der Waals surface area contributed by atoms with E-state index in [-0.39, 0.29) is 23.1 Å². The summed E-state index contributed by atoms with van der Waals surface area (Å²) in [5.74, 6) is -0.282. The van der Waals surface area contributed by atoms with Gasteiger partial charge in [0.1, 0.15) is 0 Å². The molecule has 1 fully saturated rings. The highest BCUT2D eigenvalue weighted by molar-refractivity contribution is 6.30. The molecule has 1 aromatic carbocycles. The van der Waals surface area contributed by atoms with Gasteiger partial charge < -0.3 is 4.90 Å². The van der Waals surface area contributed by atoms with E-state index in [0.717, 1.165) is 24.9 Å². The predicted molar refractivity (Wildman–Crippen MR) is 93.9 cm³/mol. The molecule has 1 aliphatic heterocycles. The minimum atomic E-state index is -0.333. The Morgan fingerprint density at radius 3 is 2.62 bits per heavy atom. The zero-order chi connectivity index (χ0) is 17.3. The van der Waals surface area contributed by atoms with E-state index in [1.807, 2.05) is 19.1 Å². The zero-order valence-corrected chi connectivity index (χ0v) is 14.6. The molecule has 2 aromatic rings. The summed E-state index contributed by atoms with van der Waals surface area (Å²) in [6.45, 7) is 4.49. The second kappa shape index (κ2) is 6.77. The van der Waals surface area contributed by atoms with E-state index in [4.69, 9.17) is 11.6 Å². The summed E-state index contributed by atoms with van der Waals surface area (Å²) < 4.78 is 1.61. The minimum absolute atomic E-state index is 0.0238. The van der Waals surface area contributed by atoms with Gasteiger partial charge in [0.15, 0.2) is 5.69 Å². The van der Waals surface area contributed by atoms with Gasteiger partial charge in [-0.2, -0.15) is 5.10 Å². The van der Waals surface area contributed by atoms with Crippen LogP contribution in [-0.4, -0.2) is 33.2 Å². The van der Waals surface area contributed by atoms with E-state index < -0.39 is 0 Å². The van der Waals surface area contributed by atoms with Gasteiger partial charge in [0, 0.05) is 29.4 Å². The summed E-state index contributed by atoms with van der Waals surface area (Å²) in [5, 5.41) is 4.97. The molecule has 3 rings (SSSR count). The Morgan fingerprint density at radius 2 is 1.96 bits per heavy atom. The molecule has 0 spiro atoms. The van der Waals surface area contributed by atoms with Crippen molar-refractivity contribution in [3.05, 3.63) is 57.0 Å². The normalized spacial score (nSPS) is 17.8. The SMILES string of the molecule is Cc1cc(=O)c(C(=O)N2CCCCC2C)nn1-c1ccc(Cl)cc1. The van der Waals surface area contributed by atoms with Gasteiger partial charge in [0.2, 0.25) is 5.43 Å². The number of hydrogen-bond donors (Lipinski definition) is 0. The quantitative estimate of drug-likeness (QED) is 0.839. The van der Waals surface area contributed by atoms with Crippen LogP contribution < -0.4 is 5.43 Å². The molecule has 5 nitrogen and oxygen atoms in total. The number of piperidine rings is 1. The van der Waals surface area contributed by atoms with Crippen LogP contribution in [0.4, 0.5) is 0 Å². The maximum atomic E-state index is 12.8. The molecule has 1 atom stereocenters. The second-order valence-corrected chi connectivity index (χ2v) is 6.67. The van der Waals surface area contributed by atoms with Gasteiger partial charge in [-0.1, -0.05) is 11.6 Å². The van der Waals surface area contributed by atoms with Gasteiger partial charge in [-0.3, -0.25) is 9.59 Å². The van der Waals surface area contributed by atoms with Crippen molar-refractivity contribution in [3.8, 4) is 5.69 Å². The van der Waals surface area contributed by atoms with Crippen molar-refractivity contribution in [1.82, 2.24) is 14.7 Å². The first kappa shape index (κ1) is 16.7. The lowest BCUT2D eigenvalue weighted by atomic mass is 10.0. The molecule has 0 aliphatic carbocycles. The fourth-order valence-corrected chi connectivity index (χ4v) is 3.20. The molecule has 1 saturated heterocycles. The maximum absolute atomic E-state index is 12.8. The Morgan fingerprint density at radius 1 is 1.25 bits per heavy atom. The van der Waals surface area contributed by atoms with Gasteiger partial charge in [0.25, 0.3) is 5.91 Å². The number of benzene rings is 1. The fourth-order valence-electron chi connectivity index (χ4n) is 3.08. The smallest absolute Gasteiger partial charge is 0.278 e. The van der Waals surface area contributed by atoms with Crippen molar-refractivity contribution in [2.75, 3.05) is 6.54 Å². The molecule has 6 heteroatoms. The van der Waals surface area contributed by atoms with Gasteiger partial charge >= 0.3 is 0 Å². The van der Waals surface area contributed by atoms with Crippen LogP contribution in [-0.2, 0) is 0 Å². The molecule has 0 radical (unpaired) electrons. The summed E-state index contributed by atoms with van der Waals surface area (Å²) in [6, 6.07) is 8.73. The first-order valence-corrected chi connectivity index (χ1v) is 8.53. The molecule has 126 valence electrons. The third-order valence-electron chi connectivity index (χ3n) is 4.45. The number of carbonyl (C=O) groups is 1. The second-order valence-electron chi connectivity index (χ2n) is 6.23. The minimum Gasteiger partial charge on any atom is -0.334 e. The Kier molecular flexibility index (Phi) is 4.71. The van der Waals surface area contributed by atoms with Crippen molar-refractivity contribution in [3.63, 3.8) is 0 Å². The van der Waals surface area contributed by atoms with Crippen LogP contribution in [0.25, 0.3) is 5.69 Å². The monoisotopic (exact) mass is 345 g/mol. The van der Waals surface area contributed by atoms with Crippen LogP contribution in [0.2, 0.25) is 5.02 Å². The number of nitrogens with zero attached hydrogens (tertiary/aromatic N) is 3. The van der Waals surface area contributed by atoms with E-state index >= 15 is 0 Å². The Labute approximate surface area is 145 Å². The number of aryl methyl sites for hydroxylation is 1. The van der Waals surface area contributed by atoms with Crippen LogP contribution >= 0.6 is 11.6 Å². The number of carbonyl (C=O) groups excluding carboxylic acids is 1. The highest BCUT2D eigenvalue weighted by Crippen LogP contribution is 2.18. The van der Waals surface area contributed by atoms with Crippen molar-refractivity contribution in [1.29, 1.82) is 0 Å². The third kappa shape index (κ3) is 3.22. The highest BCUT2D eigenvalue weighted by atomic mass is 35.5. The lowest BCUT2D eigenvalue weighted by molar-refractivity contribution is 0.0626. The third-order valence-corrected chi connectivity index (χ3v) is 4.70. The van der Waals surface area contributed by atoms with Crippen molar-refractivity contribution in [2.24, 2.45) is 0 Å². The molecule has 0 saturated carbocycles. The summed E-state index contributed by atoms with van der Waals surface area (Å²) in [5.41, 5.74) is 1.08. The largest absolute Gasteiger partial charge is 0.334 e. The predicted octanol–water partition coefficient (Wildman–Crippen LogP) is 3.21. The molecule has 1 aliphatic rings. The van der Waals surface area contributed by atoms with Crippen molar-refractivity contribution in [2.45, 2.75) is 39.2 Å². The molecule has 0 bridgehead atoms. The lowest BCUT2D eigenvalue weighted by Gasteiger charge is -2.33. The number of aromatic nitrogens is 2. The molecular formula is C18H20ClN3O2. The summed E-state index contributed by atoms with van der Waals surface area (Å²) in [6.07, 6.45) is 3.04. The standard InChI is InChI=1S/C18H20ClN3O2/c1-12-5-3-4-10-21(12)18(24)17-16(23)11-13(2)22(20-17)15-8-6-14(19)7-9-15/h6-9,11-12H,3-5,10H2,1-2H3. The van der Waals surface area contributed by atoms with Crippen LogP contribution in [0, 0.1) is 6.92 Å². The summed E-state index contributed by atoms with van der Waals surface area (Å²) in [7, 11) is 0. The zero-order valence-electron chi connectivity index (χ0n) is 13.8. The van der Waals surface area contributed by atoms with Crippen molar-refractivity contribution < 1.29 is 4.79 Å². The van der Waals surface area contributed by atoms with E-state index in [1.54, 1.807) is 28.6 Å². The Hall–Kier alpha value is -2.14. The number of likely N-dealkylation sites (tertiary alicyclic amines) is 1. The van der Waals surface area contributed by atoms with E-state index in [1.165, 1.54) is 6.07 Å². The van der Waals surface area contributed by atoms with Gasteiger partial charge in [-0.05, 0) is 57.4 Å². The topological polar surface area (TPSA) is 55.2 Å². The first-order valence-electron chi connectivity index (χ1n) is 8.15. The number of halogens is 1. The summed E-state index contributed by atoms with van der Waals surface area (Å²) >= 11 is 5.92. The van der Waals surface area contributed by atoms with Crippen LogP contribution in [0.3, 0.4) is 0 Å². The van der Waals surface area contributed by atoms with Crippen LogP contribution in [0.15, 0.2) is 35.1 Å². The maximum Gasteiger partial charge on any atom is 0.278 e. The molecule has 2 heterocycles. The van der Waals surface area contributed by atoms with Gasteiger partial charge in [-0.15, -0.1) is 0 Å². The molecule has 1 unspecified atom stereocenters. The number of hydrogen-bond acceptors (Lipinski definition) is 3. The van der Waals surface area contributed by atoms with Crippen LogP contribution in [0.1, 0.15) is 42.4 Å². The average Bonchev–Trinajstić information content (AvgIpc) is 2.56. The highest BCUT2D eigenvalue weighted by Gasteiger charge is 2.27. The Balaban J connectivity index is 2.02. The van der Waals surface area contributed by atoms with E-state index in [9.17, 15) is 9.59 Å². The van der Waals surface area contributed by atoms with Crippen molar-refractivity contribution >= 4 is 17.5 Å². The first-order chi connectivity index (χ1) is 11.5. The summed E-state index contributed by atoms with van der Waals surface area (Å²) in [4.78, 5) is 26.9. The van der Waals surface area contributed by atoms with E-state index in [0.29, 0.717) is 17.3 Å². The van der Waals surface area contributed by atoms with Gasteiger partial charge in [-0.25, -0.2) is 4.68 Å². The Bertz CT molecular complexity index is 814. The number of amides is 1. The molecule has 24 heavy (non-hydrogen) atoms. The fraction of sp³-hybridized carbons (Fsp3) is 0.389. The van der Waals surface area contributed by atoms with E-state index in [2.05, 4.69) is 5.10 Å². The van der Waals surface area contributed by atoms with Gasteiger partial charge in [0.05, 0.1) is 5.69 Å². The lowest BCUT2D eigenvalue weighted by Crippen LogP contribution is -2.44. The number of rotatable bonds is 2. The van der Waals surface area contributed by atoms with Crippen LogP contribution in [0.5, 0.6) is 0 Å².